The Morgan fingerprint density at radius 3 is 2.50 bits per heavy atom. The fourth-order valence-electron chi connectivity index (χ4n) is 1.78. The molecule has 112 valence electrons. The lowest BCUT2D eigenvalue weighted by molar-refractivity contribution is 0.581. The van der Waals surface area contributed by atoms with Crippen LogP contribution in [0.15, 0.2) is 29.2 Å². The van der Waals surface area contributed by atoms with Crippen LogP contribution in [0.3, 0.4) is 0 Å². The van der Waals surface area contributed by atoms with E-state index in [1.54, 1.807) is 12.1 Å². The summed E-state index contributed by atoms with van der Waals surface area (Å²) in [6.07, 6.45) is 5.10. The van der Waals surface area contributed by atoms with Gasteiger partial charge in [0.2, 0.25) is 10.0 Å². The minimum Gasteiger partial charge on any atom is -0.385 e. The molecule has 1 aromatic carbocycles. The van der Waals surface area contributed by atoms with Crippen molar-refractivity contribution in [2.24, 2.45) is 0 Å². The number of anilines is 1. The number of hydrogen-bond acceptors (Lipinski definition) is 4. The van der Waals surface area contributed by atoms with Crippen LogP contribution in [0.4, 0.5) is 5.69 Å². The van der Waals surface area contributed by atoms with Crippen molar-refractivity contribution < 1.29 is 8.42 Å². The Morgan fingerprint density at radius 2 is 1.95 bits per heavy atom. The molecule has 2 N–H and O–H groups in total. The van der Waals surface area contributed by atoms with Crippen molar-refractivity contribution in [1.29, 1.82) is 0 Å². The van der Waals surface area contributed by atoms with Crippen LogP contribution in [0, 0.1) is 0 Å². The van der Waals surface area contributed by atoms with E-state index in [1.807, 2.05) is 23.9 Å². The number of nitrogens with one attached hydrogen (secondary N) is 2. The van der Waals surface area contributed by atoms with Gasteiger partial charge in [0, 0.05) is 23.5 Å². The second-order valence-electron chi connectivity index (χ2n) is 5.18. The van der Waals surface area contributed by atoms with Crippen molar-refractivity contribution in [2.75, 3.05) is 18.1 Å². The fraction of sp³-hybridized carbons (Fsp3) is 0.571. The molecule has 20 heavy (non-hydrogen) atoms. The van der Waals surface area contributed by atoms with Gasteiger partial charge in [0.05, 0.1) is 4.90 Å². The van der Waals surface area contributed by atoms with E-state index in [4.69, 9.17) is 0 Å². The van der Waals surface area contributed by atoms with E-state index in [-0.39, 0.29) is 6.04 Å². The van der Waals surface area contributed by atoms with E-state index in [9.17, 15) is 8.42 Å². The minimum absolute atomic E-state index is 0.144. The summed E-state index contributed by atoms with van der Waals surface area (Å²) in [5, 5.41) is 3.94. The zero-order chi connectivity index (χ0) is 14.6. The van der Waals surface area contributed by atoms with Crippen LogP contribution in [0.5, 0.6) is 0 Å². The molecule has 1 aliphatic rings. The van der Waals surface area contributed by atoms with Crippen LogP contribution in [0.2, 0.25) is 0 Å². The van der Waals surface area contributed by atoms with Gasteiger partial charge in [-0.15, -0.1) is 0 Å². The van der Waals surface area contributed by atoms with Crippen LogP contribution in [-0.2, 0) is 10.0 Å². The van der Waals surface area contributed by atoms with Gasteiger partial charge in [0.1, 0.15) is 0 Å². The lowest BCUT2D eigenvalue weighted by Gasteiger charge is -2.11. The monoisotopic (exact) mass is 314 g/mol. The van der Waals surface area contributed by atoms with Gasteiger partial charge in [-0.05, 0) is 49.8 Å². The first-order chi connectivity index (χ1) is 9.51. The number of thioether (sulfide) groups is 1. The Hall–Kier alpha value is -0.720. The first-order valence-electron chi connectivity index (χ1n) is 6.90. The highest BCUT2D eigenvalue weighted by molar-refractivity contribution is 7.99. The molecule has 0 amide bonds. The Kier molecular flexibility index (Phi) is 5.35. The third-order valence-corrected chi connectivity index (χ3v) is 5.92. The SMILES string of the molecule is CSC(C)CCNc1ccc(S(=O)(=O)NC2CC2)cc1. The maximum atomic E-state index is 12.0. The van der Waals surface area contributed by atoms with Crippen LogP contribution in [-0.4, -0.2) is 32.5 Å². The molecule has 2 rings (SSSR count). The van der Waals surface area contributed by atoms with Crippen molar-refractivity contribution in [3.05, 3.63) is 24.3 Å². The average molecular weight is 314 g/mol. The standard InChI is InChI=1S/C14H22N2O2S2/c1-11(19-2)9-10-15-12-5-7-14(8-6-12)20(17,18)16-13-3-4-13/h5-8,11,13,15-16H,3-4,9-10H2,1-2H3. The van der Waals surface area contributed by atoms with Crippen molar-refractivity contribution in [1.82, 2.24) is 4.72 Å². The van der Waals surface area contributed by atoms with E-state index in [0.717, 1.165) is 31.5 Å². The minimum atomic E-state index is -3.33. The smallest absolute Gasteiger partial charge is 0.240 e. The number of sulfonamides is 1. The molecule has 1 atom stereocenters. The van der Waals surface area contributed by atoms with Gasteiger partial charge in [0.25, 0.3) is 0 Å². The average Bonchev–Trinajstić information content (AvgIpc) is 3.22. The van der Waals surface area contributed by atoms with E-state index >= 15 is 0 Å². The summed E-state index contributed by atoms with van der Waals surface area (Å²) < 4.78 is 26.7. The van der Waals surface area contributed by atoms with Gasteiger partial charge in [-0.3, -0.25) is 0 Å². The van der Waals surface area contributed by atoms with Crippen LogP contribution in [0.1, 0.15) is 26.2 Å². The summed E-state index contributed by atoms with van der Waals surface area (Å²) >= 11 is 1.85. The lowest BCUT2D eigenvalue weighted by Crippen LogP contribution is -2.25. The fourth-order valence-corrected chi connectivity index (χ4v) is 3.44. The molecule has 0 bridgehead atoms. The molecular weight excluding hydrogens is 292 g/mol. The number of rotatable bonds is 8. The molecular formula is C14H22N2O2S2. The second-order valence-corrected chi connectivity index (χ2v) is 8.17. The Morgan fingerprint density at radius 1 is 1.30 bits per heavy atom. The molecule has 0 radical (unpaired) electrons. The van der Waals surface area contributed by atoms with Crippen LogP contribution in [0.25, 0.3) is 0 Å². The molecule has 1 aliphatic carbocycles. The quantitative estimate of drug-likeness (QED) is 0.774. The summed E-state index contributed by atoms with van der Waals surface area (Å²) in [4.78, 5) is 0.340. The largest absolute Gasteiger partial charge is 0.385 e. The summed E-state index contributed by atoms with van der Waals surface area (Å²) in [7, 11) is -3.33. The predicted molar refractivity (Wildman–Crippen MR) is 85.9 cm³/mol. The van der Waals surface area contributed by atoms with Gasteiger partial charge in [0.15, 0.2) is 0 Å². The first-order valence-corrected chi connectivity index (χ1v) is 9.67. The van der Waals surface area contributed by atoms with E-state index in [2.05, 4.69) is 23.2 Å². The third kappa shape index (κ3) is 4.68. The number of benzene rings is 1. The van der Waals surface area contributed by atoms with E-state index in [0.29, 0.717) is 10.1 Å². The molecule has 1 unspecified atom stereocenters. The van der Waals surface area contributed by atoms with Crippen molar-refractivity contribution in [2.45, 2.75) is 42.4 Å². The Labute approximate surface area is 125 Å². The van der Waals surface area contributed by atoms with Gasteiger partial charge < -0.3 is 5.32 Å². The maximum Gasteiger partial charge on any atom is 0.240 e. The summed E-state index contributed by atoms with van der Waals surface area (Å²) in [5.74, 6) is 0. The van der Waals surface area contributed by atoms with Crippen molar-refractivity contribution in [3.8, 4) is 0 Å². The highest BCUT2D eigenvalue weighted by Crippen LogP contribution is 2.22. The first kappa shape index (κ1) is 15.7. The van der Waals surface area contributed by atoms with Gasteiger partial charge >= 0.3 is 0 Å². The topological polar surface area (TPSA) is 58.2 Å². The second kappa shape index (κ2) is 6.83. The summed E-state index contributed by atoms with van der Waals surface area (Å²) in [6.45, 7) is 3.10. The van der Waals surface area contributed by atoms with E-state index in [1.165, 1.54) is 0 Å². The van der Waals surface area contributed by atoms with Gasteiger partial charge in [-0.2, -0.15) is 11.8 Å². The zero-order valence-corrected chi connectivity index (χ0v) is 13.6. The molecule has 1 fully saturated rings. The number of hydrogen-bond donors (Lipinski definition) is 2. The Bertz CT molecular complexity index is 525. The molecule has 0 aliphatic heterocycles. The highest BCUT2D eigenvalue weighted by Gasteiger charge is 2.27. The molecule has 1 aromatic rings. The van der Waals surface area contributed by atoms with Crippen LogP contribution >= 0.6 is 11.8 Å². The molecule has 6 heteroatoms. The maximum absolute atomic E-state index is 12.0. The summed E-state index contributed by atoms with van der Waals surface area (Å²) in [5.41, 5.74) is 0.962. The molecule has 0 saturated heterocycles. The molecule has 0 spiro atoms. The normalized spacial score (nSPS) is 16.9. The summed E-state index contributed by atoms with van der Waals surface area (Å²) in [6, 6.07) is 7.11. The molecule has 0 aromatic heterocycles. The zero-order valence-electron chi connectivity index (χ0n) is 11.9. The molecule has 4 nitrogen and oxygen atoms in total. The van der Waals surface area contributed by atoms with Crippen molar-refractivity contribution in [3.63, 3.8) is 0 Å². The molecule has 1 saturated carbocycles. The lowest BCUT2D eigenvalue weighted by atomic mass is 10.3. The third-order valence-electron chi connectivity index (χ3n) is 3.35. The predicted octanol–water partition coefficient (Wildman–Crippen LogP) is 2.68. The Balaban J connectivity index is 1.89. The van der Waals surface area contributed by atoms with Gasteiger partial charge in [-0.25, -0.2) is 13.1 Å². The van der Waals surface area contributed by atoms with Crippen LogP contribution < -0.4 is 10.0 Å². The van der Waals surface area contributed by atoms with E-state index < -0.39 is 10.0 Å². The van der Waals surface area contributed by atoms with Crippen molar-refractivity contribution >= 4 is 27.5 Å². The molecule has 0 heterocycles. The van der Waals surface area contributed by atoms with Gasteiger partial charge in [-0.1, -0.05) is 6.92 Å². The highest BCUT2D eigenvalue weighted by atomic mass is 32.2.